The Bertz CT molecular complexity index is 494. The molecular weight excluding hydrogens is 290 g/mol. The Labute approximate surface area is 129 Å². The lowest BCUT2D eigenvalue weighted by Gasteiger charge is -2.38. The molecule has 2 heterocycles. The molecule has 1 aromatic rings. The molecule has 1 aromatic heterocycles. The Morgan fingerprint density at radius 3 is 2.86 bits per heavy atom. The number of amides is 1. The largest absolute Gasteiger partial charge is 0.444 e. The van der Waals surface area contributed by atoms with E-state index in [9.17, 15) is 9.90 Å². The van der Waals surface area contributed by atoms with Crippen LogP contribution in [0, 0.1) is 6.92 Å². The summed E-state index contributed by atoms with van der Waals surface area (Å²) in [7, 11) is 0. The number of thiophene rings is 1. The smallest absolute Gasteiger partial charge is 0.410 e. The second-order valence-corrected chi connectivity index (χ2v) is 7.18. The summed E-state index contributed by atoms with van der Waals surface area (Å²) in [5, 5.41) is 12.6. The number of aryl methyl sites for hydroxylation is 1. The molecule has 0 saturated carbocycles. The number of aliphatic hydroxyl groups excluding tert-OH is 1. The molecule has 0 aromatic carbocycles. The molecule has 1 saturated heterocycles. The van der Waals surface area contributed by atoms with Crippen LogP contribution in [0.5, 0.6) is 0 Å². The second-order valence-electron chi connectivity index (χ2n) is 6.23. The van der Waals surface area contributed by atoms with Crippen LogP contribution in [-0.4, -0.2) is 47.5 Å². The summed E-state index contributed by atoms with van der Waals surface area (Å²) < 4.78 is 10.9. The molecule has 2 rings (SSSR count). The Hall–Kier alpha value is -1.11. The molecule has 0 bridgehead atoms. The first-order valence-corrected chi connectivity index (χ1v) is 7.97. The summed E-state index contributed by atoms with van der Waals surface area (Å²) in [5.74, 6) is 0. The van der Waals surface area contributed by atoms with Crippen molar-refractivity contribution < 1.29 is 19.4 Å². The number of aliphatic hydroxyl groups is 1. The number of hydrogen-bond donors (Lipinski definition) is 1. The van der Waals surface area contributed by atoms with Crippen LogP contribution in [-0.2, 0) is 9.47 Å². The van der Waals surface area contributed by atoms with Gasteiger partial charge in [0.25, 0.3) is 0 Å². The molecule has 0 spiro atoms. The average Bonchev–Trinajstić information content (AvgIpc) is 2.82. The molecule has 0 radical (unpaired) electrons. The van der Waals surface area contributed by atoms with Gasteiger partial charge in [-0.3, -0.25) is 4.90 Å². The van der Waals surface area contributed by atoms with Gasteiger partial charge in [-0.15, -0.1) is 11.3 Å². The minimum atomic E-state index is -0.752. The summed E-state index contributed by atoms with van der Waals surface area (Å²) >= 11 is 1.49. The van der Waals surface area contributed by atoms with Crippen LogP contribution in [0.4, 0.5) is 4.79 Å². The van der Waals surface area contributed by atoms with Gasteiger partial charge < -0.3 is 14.6 Å². The van der Waals surface area contributed by atoms with Gasteiger partial charge in [-0.05, 0) is 44.7 Å². The normalized spacial score (nSPS) is 21.2. The lowest BCUT2D eigenvalue weighted by atomic mass is 10.1. The Morgan fingerprint density at radius 1 is 1.57 bits per heavy atom. The lowest BCUT2D eigenvalue weighted by Crippen LogP contribution is -2.52. The van der Waals surface area contributed by atoms with E-state index < -0.39 is 23.8 Å². The van der Waals surface area contributed by atoms with E-state index in [2.05, 4.69) is 0 Å². The lowest BCUT2D eigenvalue weighted by molar-refractivity contribution is -0.0666. The van der Waals surface area contributed by atoms with E-state index in [1.807, 2.05) is 39.1 Å². The molecule has 5 nitrogen and oxygen atoms in total. The zero-order chi connectivity index (χ0) is 15.6. The van der Waals surface area contributed by atoms with Gasteiger partial charge in [-0.25, -0.2) is 4.79 Å². The highest BCUT2D eigenvalue weighted by molar-refractivity contribution is 7.10. The zero-order valence-corrected chi connectivity index (χ0v) is 13.8. The van der Waals surface area contributed by atoms with E-state index in [0.717, 1.165) is 10.4 Å². The van der Waals surface area contributed by atoms with Crippen molar-refractivity contribution in [2.75, 3.05) is 19.8 Å². The van der Waals surface area contributed by atoms with Crippen LogP contribution in [0.15, 0.2) is 11.4 Å². The maximum absolute atomic E-state index is 12.3. The third kappa shape index (κ3) is 3.96. The van der Waals surface area contributed by atoms with E-state index in [1.165, 1.54) is 11.3 Å². The molecule has 1 aliphatic heterocycles. The molecule has 1 N–H and O–H groups in total. The maximum atomic E-state index is 12.3. The fraction of sp³-hybridized carbons (Fsp3) is 0.667. The first-order valence-electron chi connectivity index (χ1n) is 7.09. The van der Waals surface area contributed by atoms with E-state index in [0.29, 0.717) is 19.8 Å². The predicted molar refractivity (Wildman–Crippen MR) is 81.6 cm³/mol. The SMILES string of the molecule is Cc1ccsc1C(O)C1COCCN1C(=O)OC(C)(C)C. The molecule has 118 valence electrons. The first kappa shape index (κ1) is 16.3. The van der Waals surface area contributed by atoms with E-state index in [-0.39, 0.29) is 0 Å². The Balaban J connectivity index is 2.15. The van der Waals surface area contributed by atoms with Crippen molar-refractivity contribution in [2.45, 2.75) is 45.4 Å². The number of nitrogens with zero attached hydrogens (tertiary/aromatic N) is 1. The van der Waals surface area contributed by atoms with Gasteiger partial charge in [0, 0.05) is 11.4 Å². The number of carbonyl (C=O) groups is 1. The van der Waals surface area contributed by atoms with Crippen molar-refractivity contribution >= 4 is 17.4 Å². The Morgan fingerprint density at radius 2 is 2.29 bits per heavy atom. The summed E-state index contributed by atoms with van der Waals surface area (Å²) in [6.45, 7) is 8.67. The highest BCUT2D eigenvalue weighted by atomic mass is 32.1. The fourth-order valence-electron chi connectivity index (χ4n) is 2.29. The summed E-state index contributed by atoms with van der Waals surface area (Å²) in [4.78, 5) is 14.8. The van der Waals surface area contributed by atoms with Crippen LogP contribution in [0.1, 0.15) is 37.3 Å². The van der Waals surface area contributed by atoms with Crippen LogP contribution in [0.2, 0.25) is 0 Å². The molecular formula is C15H23NO4S. The monoisotopic (exact) mass is 313 g/mol. The van der Waals surface area contributed by atoms with Gasteiger partial charge in [-0.2, -0.15) is 0 Å². The van der Waals surface area contributed by atoms with Gasteiger partial charge in [-0.1, -0.05) is 0 Å². The fourth-order valence-corrected chi connectivity index (χ4v) is 3.26. The third-order valence-corrected chi connectivity index (χ3v) is 4.42. The molecule has 0 aliphatic carbocycles. The van der Waals surface area contributed by atoms with E-state index in [4.69, 9.17) is 9.47 Å². The molecule has 6 heteroatoms. The van der Waals surface area contributed by atoms with Gasteiger partial charge in [0.05, 0.1) is 19.3 Å². The van der Waals surface area contributed by atoms with Crippen molar-refractivity contribution in [3.8, 4) is 0 Å². The van der Waals surface area contributed by atoms with Gasteiger partial charge in [0.15, 0.2) is 0 Å². The number of carbonyl (C=O) groups excluding carboxylic acids is 1. The highest BCUT2D eigenvalue weighted by Crippen LogP contribution is 2.30. The standard InChI is InChI=1S/C15H23NO4S/c1-10-5-8-21-13(10)12(17)11-9-19-7-6-16(11)14(18)20-15(2,3)4/h5,8,11-12,17H,6-7,9H2,1-4H3. The first-order chi connectivity index (χ1) is 9.79. The quantitative estimate of drug-likeness (QED) is 0.912. The number of morpholine rings is 1. The average molecular weight is 313 g/mol. The number of rotatable bonds is 2. The predicted octanol–water partition coefficient (Wildman–Crippen LogP) is 2.73. The molecule has 1 aliphatic rings. The van der Waals surface area contributed by atoms with Crippen LogP contribution < -0.4 is 0 Å². The van der Waals surface area contributed by atoms with E-state index in [1.54, 1.807) is 4.90 Å². The minimum Gasteiger partial charge on any atom is -0.444 e. The summed E-state index contributed by atoms with van der Waals surface area (Å²) in [6.07, 6.45) is -1.15. The zero-order valence-electron chi connectivity index (χ0n) is 13.0. The molecule has 2 atom stereocenters. The third-order valence-electron chi connectivity index (χ3n) is 3.33. The summed E-state index contributed by atoms with van der Waals surface area (Å²) in [5.41, 5.74) is 0.478. The number of ether oxygens (including phenoxy) is 2. The van der Waals surface area contributed by atoms with Crippen molar-refractivity contribution in [3.05, 3.63) is 21.9 Å². The van der Waals surface area contributed by atoms with Crippen LogP contribution in [0.3, 0.4) is 0 Å². The van der Waals surface area contributed by atoms with Crippen LogP contribution in [0.25, 0.3) is 0 Å². The summed E-state index contributed by atoms with van der Waals surface area (Å²) in [6, 6.07) is 1.55. The van der Waals surface area contributed by atoms with Gasteiger partial charge in [0.1, 0.15) is 11.7 Å². The molecule has 21 heavy (non-hydrogen) atoms. The minimum absolute atomic E-state index is 0.317. The van der Waals surface area contributed by atoms with Crippen molar-refractivity contribution in [3.63, 3.8) is 0 Å². The van der Waals surface area contributed by atoms with Crippen molar-refractivity contribution in [2.24, 2.45) is 0 Å². The van der Waals surface area contributed by atoms with Crippen molar-refractivity contribution in [1.82, 2.24) is 4.90 Å². The van der Waals surface area contributed by atoms with Crippen molar-refractivity contribution in [1.29, 1.82) is 0 Å². The van der Waals surface area contributed by atoms with E-state index >= 15 is 0 Å². The topological polar surface area (TPSA) is 59.0 Å². The number of hydrogen-bond acceptors (Lipinski definition) is 5. The van der Waals surface area contributed by atoms with Crippen LogP contribution >= 0.6 is 11.3 Å². The molecule has 2 unspecified atom stereocenters. The van der Waals surface area contributed by atoms with Gasteiger partial charge >= 0.3 is 6.09 Å². The molecule has 1 fully saturated rings. The molecule has 1 amide bonds. The highest BCUT2D eigenvalue weighted by Gasteiger charge is 2.36. The maximum Gasteiger partial charge on any atom is 0.410 e. The van der Waals surface area contributed by atoms with Gasteiger partial charge in [0.2, 0.25) is 0 Å². The Kier molecular flexibility index (Phi) is 4.91. The second kappa shape index (κ2) is 6.34.